The monoisotopic (exact) mass is 549 g/mol. The molecule has 39 heavy (non-hydrogen) atoms. The topological polar surface area (TPSA) is 105 Å². The van der Waals surface area contributed by atoms with Crippen molar-refractivity contribution in [3.05, 3.63) is 93.4 Å². The Bertz CT molecular complexity index is 1540. The molecule has 5 rings (SSSR count). The van der Waals surface area contributed by atoms with Gasteiger partial charge < -0.3 is 19.2 Å². The van der Waals surface area contributed by atoms with Crippen LogP contribution in [0.5, 0.6) is 0 Å². The molecule has 1 amide bonds. The first-order valence-corrected chi connectivity index (χ1v) is 13.0. The molecule has 3 aromatic carbocycles. The lowest BCUT2D eigenvalue weighted by molar-refractivity contribution is -0.133. The number of ether oxygens (including phenoxy) is 1. The van der Waals surface area contributed by atoms with E-state index in [1.807, 2.05) is 24.3 Å². The van der Waals surface area contributed by atoms with Crippen LogP contribution in [0, 0.1) is 0 Å². The van der Waals surface area contributed by atoms with E-state index in [1.165, 1.54) is 4.57 Å². The first kappa shape index (κ1) is 26.7. The van der Waals surface area contributed by atoms with E-state index in [0.717, 1.165) is 29.8 Å². The zero-order chi connectivity index (χ0) is 27.5. The van der Waals surface area contributed by atoms with Gasteiger partial charge in [0.05, 0.1) is 30.3 Å². The summed E-state index contributed by atoms with van der Waals surface area (Å²) in [7, 11) is 1.74. The summed E-state index contributed by atoms with van der Waals surface area (Å²) in [6, 6.07) is 19.2. The van der Waals surface area contributed by atoms with Crippen molar-refractivity contribution in [2.45, 2.75) is 12.6 Å². The molecule has 1 saturated heterocycles. The normalized spacial score (nSPS) is 14.8. The third-order valence-corrected chi connectivity index (χ3v) is 7.31. The van der Waals surface area contributed by atoms with Crippen molar-refractivity contribution in [1.29, 1.82) is 0 Å². The van der Waals surface area contributed by atoms with Crippen LogP contribution >= 0.6 is 11.6 Å². The molecule has 1 aromatic heterocycles. The van der Waals surface area contributed by atoms with E-state index in [4.69, 9.17) is 25.9 Å². The fourth-order valence-corrected chi connectivity index (χ4v) is 4.95. The Kier molecular flexibility index (Phi) is 7.83. The van der Waals surface area contributed by atoms with Crippen LogP contribution in [0.25, 0.3) is 22.2 Å². The van der Waals surface area contributed by atoms with Crippen molar-refractivity contribution in [3.8, 4) is 11.1 Å². The second-order valence-electron chi connectivity index (χ2n) is 9.50. The third kappa shape index (κ3) is 5.90. The third-order valence-electron chi connectivity index (χ3n) is 7.08. The Morgan fingerprint density at radius 1 is 1.00 bits per heavy atom. The van der Waals surface area contributed by atoms with Crippen molar-refractivity contribution >= 4 is 34.6 Å². The maximum absolute atomic E-state index is 13.5. The van der Waals surface area contributed by atoms with E-state index in [9.17, 15) is 14.4 Å². The first-order valence-electron chi connectivity index (χ1n) is 12.6. The summed E-state index contributed by atoms with van der Waals surface area (Å²) in [4.78, 5) is 41.1. The van der Waals surface area contributed by atoms with Gasteiger partial charge >= 0.3 is 11.7 Å². The molecular formula is C29H28ClN3O6. The Balaban J connectivity index is 1.40. The second kappa shape index (κ2) is 11.4. The Morgan fingerprint density at radius 2 is 1.64 bits per heavy atom. The number of carboxylic acid groups (broad SMARTS) is 1. The number of oxazole rings is 1. The summed E-state index contributed by atoms with van der Waals surface area (Å²) in [5, 5.41) is 9.61. The number of carbonyl (C=O) groups is 2. The fourth-order valence-electron chi connectivity index (χ4n) is 4.79. The number of carbonyl (C=O) groups excluding carboxylic acids is 1. The molecule has 1 N–H and O–H groups in total. The molecule has 2 heterocycles. The smallest absolute Gasteiger partial charge is 0.420 e. The van der Waals surface area contributed by atoms with Gasteiger partial charge in [0.15, 0.2) is 5.58 Å². The number of aromatic nitrogens is 1. The van der Waals surface area contributed by atoms with Crippen LogP contribution < -0.4 is 5.76 Å². The van der Waals surface area contributed by atoms with Crippen LogP contribution in [-0.2, 0) is 16.1 Å². The zero-order valence-corrected chi connectivity index (χ0v) is 22.1. The minimum absolute atomic E-state index is 0.184. The highest BCUT2D eigenvalue weighted by Gasteiger charge is 2.26. The van der Waals surface area contributed by atoms with Gasteiger partial charge in [-0.05, 0) is 47.0 Å². The zero-order valence-electron chi connectivity index (χ0n) is 21.4. The minimum atomic E-state index is -0.968. The number of halogens is 1. The fraction of sp³-hybridized carbons (Fsp3) is 0.276. The van der Waals surface area contributed by atoms with E-state index in [1.54, 1.807) is 54.4 Å². The van der Waals surface area contributed by atoms with Crippen LogP contribution in [-0.4, -0.2) is 71.2 Å². The summed E-state index contributed by atoms with van der Waals surface area (Å²) < 4.78 is 12.1. The Labute approximate surface area is 229 Å². The molecule has 1 unspecified atom stereocenters. The molecule has 1 aliphatic rings. The molecule has 0 radical (unpaired) electrons. The van der Waals surface area contributed by atoms with Crippen LogP contribution in [0.4, 0.5) is 0 Å². The number of benzene rings is 3. The predicted octanol–water partition coefficient (Wildman–Crippen LogP) is 4.15. The van der Waals surface area contributed by atoms with Gasteiger partial charge in [0.25, 0.3) is 0 Å². The lowest BCUT2D eigenvalue weighted by Gasteiger charge is -2.35. The average molecular weight is 550 g/mol. The number of hydrogen-bond donors (Lipinski definition) is 1. The molecule has 0 saturated carbocycles. The highest BCUT2D eigenvalue weighted by Crippen LogP contribution is 2.27. The average Bonchev–Trinajstić information content (AvgIpc) is 3.25. The highest BCUT2D eigenvalue weighted by atomic mass is 35.5. The number of carboxylic acids is 1. The van der Waals surface area contributed by atoms with Gasteiger partial charge in [-0.1, -0.05) is 48.0 Å². The highest BCUT2D eigenvalue weighted by molar-refractivity contribution is 6.31. The largest absolute Gasteiger partial charge is 0.478 e. The van der Waals surface area contributed by atoms with Gasteiger partial charge in [0.2, 0.25) is 5.91 Å². The van der Waals surface area contributed by atoms with Gasteiger partial charge in [-0.25, -0.2) is 9.59 Å². The summed E-state index contributed by atoms with van der Waals surface area (Å²) in [6.07, 6.45) is 0. The number of hydrogen-bond acceptors (Lipinski definition) is 6. The van der Waals surface area contributed by atoms with Crippen LogP contribution in [0.2, 0.25) is 5.02 Å². The van der Waals surface area contributed by atoms with E-state index >= 15 is 0 Å². The molecule has 1 aliphatic heterocycles. The van der Waals surface area contributed by atoms with E-state index in [0.29, 0.717) is 35.9 Å². The van der Waals surface area contributed by atoms with Crippen LogP contribution in [0.1, 0.15) is 22.0 Å². The Hall–Kier alpha value is -3.92. The molecule has 202 valence electrons. The summed E-state index contributed by atoms with van der Waals surface area (Å²) in [5.41, 5.74) is 3.84. The SMILES string of the molecule is CN(C(=O)Cn1c(=O)oc2ccc(Cl)cc21)C(CN1CCOCC1)c1ccc(-c2ccc(C(=O)O)cc2)cc1. The number of nitrogens with zero attached hydrogens (tertiary/aromatic N) is 3. The van der Waals surface area contributed by atoms with Gasteiger partial charge in [-0.2, -0.15) is 0 Å². The molecule has 1 fully saturated rings. The number of morpholine rings is 1. The first-order chi connectivity index (χ1) is 18.8. The summed E-state index contributed by atoms with van der Waals surface area (Å²) >= 11 is 6.12. The van der Waals surface area contributed by atoms with E-state index in [2.05, 4.69) is 4.90 Å². The number of aromatic carboxylic acids is 1. The van der Waals surface area contributed by atoms with Crippen LogP contribution in [0.15, 0.2) is 75.9 Å². The number of amides is 1. The van der Waals surface area contributed by atoms with Gasteiger partial charge in [-0.15, -0.1) is 0 Å². The Morgan fingerprint density at radius 3 is 2.28 bits per heavy atom. The molecule has 0 bridgehead atoms. The summed E-state index contributed by atoms with van der Waals surface area (Å²) in [6.45, 7) is 3.20. The van der Waals surface area contributed by atoms with Gasteiger partial charge in [-0.3, -0.25) is 14.3 Å². The quantitative estimate of drug-likeness (QED) is 0.352. The van der Waals surface area contributed by atoms with Gasteiger partial charge in [0, 0.05) is 31.7 Å². The van der Waals surface area contributed by atoms with Gasteiger partial charge in [0.1, 0.15) is 6.54 Å². The predicted molar refractivity (Wildman–Crippen MR) is 147 cm³/mol. The van der Waals surface area contributed by atoms with E-state index < -0.39 is 11.7 Å². The maximum atomic E-state index is 13.5. The molecule has 9 nitrogen and oxygen atoms in total. The molecule has 4 aromatic rings. The minimum Gasteiger partial charge on any atom is -0.478 e. The molecule has 10 heteroatoms. The lowest BCUT2D eigenvalue weighted by Crippen LogP contribution is -2.44. The maximum Gasteiger partial charge on any atom is 0.420 e. The van der Waals surface area contributed by atoms with E-state index in [-0.39, 0.29) is 24.1 Å². The van der Waals surface area contributed by atoms with Crippen molar-refractivity contribution in [2.24, 2.45) is 0 Å². The van der Waals surface area contributed by atoms with Crippen LogP contribution in [0.3, 0.4) is 0 Å². The molecule has 1 atom stereocenters. The molecule has 0 spiro atoms. The second-order valence-corrected chi connectivity index (χ2v) is 9.94. The molecule has 0 aliphatic carbocycles. The summed E-state index contributed by atoms with van der Waals surface area (Å²) in [5.74, 6) is -1.83. The van der Waals surface area contributed by atoms with Crippen molar-refractivity contribution in [1.82, 2.24) is 14.4 Å². The number of rotatable bonds is 8. The number of fused-ring (bicyclic) bond motifs is 1. The standard InChI is InChI=1S/C29H28ClN3O6/c1-31(27(34)18-33-24-16-23(30)10-11-26(24)39-29(33)37)25(17-32-12-14-38-15-13-32)21-6-2-19(3-7-21)20-4-8-22(9-5-20)28(35)36/h2-11,16,25H,12-15,17-18H2,1H3,(H,35,36). The lowest BCUT2D eigenvalue weighted by atomic mass is 9.98. The van der Waals surface area contributed by atoms with Crippen molar-refractivity contribution in [2.75, 3.05) is 39.9 Å². The molecular weight excluding hydrogens is 522 g/mol. The van der Waals surface area contributed by atoms with Crippen molar-refractivity contribution < 1.29 is 23.8 Å². The number of likely N-dealkylation sites (N-methyl/N-ethyl adjacent to an activating group) is 1. The van der Waals surface area contributed by atoms with Crippen molar-refractivity contribution in [3.63, 3.8) is 0 Å².